The van der Waals surface area contributed by atoms with Gasteiger partial charge in [-0.3, -0.25) is 0 Å². The molecule has 142 valence electrons. The second kappa shape index (κ2) is 8.43. The van der Waals surface area contributed by atoms with Crippen molar-refractivity contribution >= 4 is 23.4 Å². The molecule has 1 aromatic carbocycles. The molecule has 7 heteroatoms. The first-order chi connectivity index (χ1) is 13.0. The highest BCUT2D eigenvalue weighted by molar-refractivity contribution is 7.98. The van der Waals surface area contributed by atoms with Gasteiger partial charge in [0.15, 0.2) is 11.5 Å². The zero-order chi connectivity index (χ0) is 19.4. The SMILES string of the molecule is COC(=O)c1ccc2nc(-c3c(C)cc(OCCCSC)cc3C)nn2c1. The summed E-state index contributed by atoms with van der Waals surface area (Å²) >= 11 is 1.82. The molecule has 0 atom stereocenters. The zero-order valence-electron chi connectivity index (χ0n) is 16.0. The van der Waals surface area contributed by atoms with Crippen molar-refractivity contribution in [2.45, 2.75) is 20.3 Å². The number of thioether (sulfide) groups is 1. The van der Waals surface area contributed by atoms with E-state index in [1.165, 1.54) is 7.11 Å². The molecule has 0 N–H and O–H groups in total. The van der Waals surface area contributed by atoms with Gasteiger partial charge >= 0.3 is 5.97 Å². The number of aromatic nitrogens is 3. The zero-order valence-corrected chi connectivity index (χ0v) is 16.8. The number of hydrogen-bond donors (Lipinski definition) is 0. The Kier molecular flexibility index (Phi) is 6.01. The van der Waals surface area contributed by atoms with Crippen LogP contribution >= 0.6 is 11.8 Å². The molecule has 3 rings (SSSR count). The van der Waals surface area contributed by atoms with E-state index in [1.54, 1.807) is 22.8 Å². The van der Waals surface area contributed by atoms with Crippen LogP contribution in [0.3, 0.4) is 0 Å². The molecule has 2 heterocycles. The van der Waals surface area contributed by atoms with Crippen molar-refractivity contribution in [3.8, 4) is 17.1 Å². The summed E-state index contributed by atoms with van der Waals surface area (Å²) in [6.07, 6.45) is 4.75. The molecule has 0 bridgehead atoms. The number of fused-ring (bicyclic) bond motifs is 1. The Hall–Kier alpha value is -2.54. The first-order valence-corrected chi connectivity index (χ1v) is 10.1. The van der Waals surface area contributed by atoms with Crippen LogP contribution in [0, 0.1) is 13.8 Å². The number of nitrogens with zero attached hydrogens (tertiary/aromatic N) is 3. The number of benzene rings is 1. The molecule has 6 nitrogen and oxygen atoms in total. The Morgan fingerprint density at radius 3 is 2.63 bits per heavy atom. The first kappa shape index (κ1) is 19.2. The van der Waals surface area contributed by atoms with E-state index in [-0.39, 0.29) is 0 Å². The van der Waals surface area contributed by atoms with Gasteiger partial charge in [0.2, 0.25) is 0 Å². The molecule has 3 aromatic rings. The van der Waals surface area contributed by atoms with Crippen LogP contribution in [0.15, 0.2) is 30.5 Å². The average Bonchev–Trinajstić information content (AvgIpc) is 3.06. The minimum atomic E-state index is -0.399. The minimum Gasteiger partial charge on any atom is -0.494 e. The van der Waals surface area contributed by atoms with Gasteiger partial charge in [0.05, 0.1) is 19.3 Å². The van der Waals surface area contributed by atoms with Crippen LogP contribution in [0.5, 0.6) is 5.75 Å². The van der Waals surface area contributed by atoms with Gasteiger partial charge < -0.3 is 9.47 Å². The summed E-state index contributed by atoms with van der Waals surface area (Å²) < 4.78 is 12.2. The number of carbonyl (C=O) groups excluding carboxylic acids is 1. The predicted molar refractivity (Wildman–Crippen MR) is 108 cm³/mol. The average molecular weight is 385 g/mol. The molecule has 27 heavy (non-hydrogen) atoms. The van der Waals surface area contributed by atoms with E-state index in [1.807, 2.05) is 37.7 Å². The van der Waals surface area contributed by atoms with E-state index >= 15 is 0 Å². The van der Waals surface area contributed by atoms with Crippen molar-refractivity contribution in [2.24, 2.45) is 0 Å². The van der Waals surface area contributed by atoms with Gasteiger partial charge in [-0.1, -0.05) is 0 Å². The molecular weight excluding hydrogens is 362 g/mol. The maximum absolute atomic E-state index is 11.7. The Labute approximate surface area is 162 Å². The molecule has 0 aliphatic carbocycles. The molecular formula is C20H23N3O3S. The first-order valence-electron chi connectivity index (χ1n) is 8.71. The van der Waals surface area contributed by atoms with Crippen molar-refractivity contribution in [1.29, 1.82) is 0 Å². The summed E-state index contributed by atoms with van der Waals surface area (Å²) in [6.45, 7) is 4.77. The maximum Gasteiger partial charge on any atom is 0.339 e. The van der Waals surface area contributed by atoms with E-state index in [2.05, 4.69) is 16.3 Å². The number of pyridine rings is 1. The highest BCUT2D eigenvalue weighted by Gasteiger charge is 2.15. The number of methoxy groups -OCH3 is 1. The molecule has 0 saturated heterocycles. The van der Waals surface area contributed by atoms with Crippen molar-refractivity contribution < 1.29 is 14.3 Å². The number of ether oxygens (including phenoxy) is 2. The third-order valence-corrected chi connectivity index (χ3v) is 4.94. The molecule has 0 amide bonds. The summed E-state index contributed by atoms with van der Waals surface area (Å²) in [4.78, 5) is 16.3. The molecule has 0 aliphatic rings. The topological polar surface area (TPSA) is 65.7 Å². The standard InChI is InChI=1S/C20H23N3O3S/c1-13-10-16(26-8-5-9-27-4)11-14(2)18(13)19-21-17-7-6-15(20(24)25-3)12-23(17)22-19/h6-7,10-12H,5,8-9H2,1-4H3. The normalized spacial score (nSPS) is 11.0. The second-order valence-corrected chi connectivity index (χ2v) is 7.26. The van der Waals surface area contributed by atoms with Gasteiger partial charge in [0, 0.05) is 11.8 Å². The van der Waals surface area contributed by atoms with Crippen molar-refractivity contribution in [3.05, 3.63) is 47.2 Å². The van der Waals surface area contributed by atoms with Gasteiger partial charge in [0.1, 0.15) is 5.75 Å². The largest absolute Gasteiger partial charge is 0.494 e. The quantitative estimate of drug-likeness (QED) is 0.453. The Morgan fingerprint density at radius 1 is 1.22 bits per heavy atom. The fourth-order valence-electron chi connectivity index (χ4n) is 2.98. The maximum atomic E-state index is 11.7. The highest BCUT2D eigenvalue weighted by Crippen LogP contribution is 2.29. The van der Waals surface area contributed by atoms with Crippen LogP contribution in [0.1, 0.15) is 27.9 Å². The Morgan fingerprint density at radius 2 is 1.96 bits per heavy atom. The molecule has 0 saturated carbocycles. The van der Waals surface area contributed by atoms with E-state index in [0.717, 1.165) is 34.6 Å². The summed E-state index contributed by atoms with van der Waals surface area (Å²) in [5.74, 6) is 2.19. The summed E-state index contributed by atoms with van der Waals surface area (Å²) in [5, 5.41) is 4.55. The van der Waals surface area contributed by atoms with Crippen molar-refractivity contribution in [2.75, 3.05) is 25.7 Å². The highest BCUT2D eigenvalue weighted by atomic mass is 32.2. The fourth-order valence-corrected chi connectivity index (χ4v) is 3.39. The molecule has 0 radical (unpaired) electrons. The van der Waals surface area contributed by atoms with Crippen LogP contribution in [0.4, 0.5) is 0 Å². The molecule has 0 unspecified atom stereocenters. The van der Waals surface area contributed by atoms with Gasteiger partial charge in [-0.15, -0.1) is 5.10 Å². The molecule has 0 spiro atoms. The van der Waals surface area contributed by atoms with E-state index in [9.17, 15) is 4.79 Å². The molecule has 0 aliphatic heterocycles. The summed E-state index contributed by atoms with van der Waals surface area (Å²) in [7, 11) is 1.36. The van der Waals surface area contributed by atoms with Crippen LogP contribution in [-0.4, -0.2) is 46.3 Å². The lowest BCUT2D eigenvalue weighted by molar-refractivity contribution is 0.0600. The van der Waals surface area contributed by atoms with Crippen molar-refractivity contribution in [3.63, 3.8) is 0 Å². The van der Waals surface area contributed by atoms with E-state index < -0.39 is 5.97 Å². The number of aryl methyl sites for hydroxylation is 2. The lowest BCUT2D eigenvalue weighted by atomic mass is 10.0. The fraction of sp³-hybridized carbons (Fsp3) is 0.350. The number of hydrogen-bond acceptors (Lipinski definition) is 6. The molecule has 2 aromatic heterocycles. The molecule has 0 fully saturated rings. The smallest absolute Gasteiger partial charge is 0.339 e. The van der Waals surface area contributed by atoms with Crippen molar-refractivity contribution in [1.82, 2.24) is 14.6 Å². The van der Waals surface area contributed by atoms with Gasteiger partial charge in [-0.25, -0.2) is 14.3 Å². The van der Waals surface area contributed by atoms with E-state index in [0.29, 0.717) is 23.6 Å². The van der Waals surface area contributed by atoms with Gasteiger partial charge in [-0.05, 0) is 67.7 Å². The van der Waals surface area contributed by atoms with Crippen LogP contribution in [-0.2, 0) is 4.74 Å². The summed E-state index contributed by atoms with van der Waals surface area (Å²) in [6, 6.07) is 7.49. The second-order valence-electron chi connectivity index (χ2n) is 6.27. The predicted octanol–water partition coefficient (Wildman–Crippen LogP) is 3.93. The van der Waals surface area contributed by atoms with Crippen LogP contribution < -0.4 is 4.74 Å². The third-order valence-electron chi connectivity index (χ3n) is 4.24. The Balaban J connectivity index is 1.90. The number of carbonyl (C=O) groups is 1. The lowest BCUT2D eigenvalue weighted by Crippen LogP contribution is -2.03. The number of esters is 1. The summed E-state index contributed by atoms with van der Waals surface area (Å²) in [5.41, 5.74) is 4.20. The lowest BCUT2D eigenvalue weighted by Gasteiger charge is -2.11. The van der Waals surface area contributed by atoms with Crippen LogP contribution in [0.2, 0.25) is 0 Å². The Bertz CT molecular complexity index is 945. The van der Waals surface area contributed by atoms with Crippen LogP contribution in [0.25, 0.3) is 17.0 Å². The van der Waals surface area contributed by atoms with Gasteiger partial charge in [0.25, 0.3) is 0 Å². The number of rotatable bonds is 7. The monoisotopic (exact) mass is 385 g/mol. The third kappa shape index (κ3) is 4.24. The van der Waals surface area contributed by atoms with E-state index in [4.69, 9.17) is 9.47 Å². The minimum absolute atomic E-state index is 0.399. The van der Waals surface area contributed by atoms with Gasteiger partial charge in [-0.2, -0.15) is 11.8 Å².